The van der Waals surface area contributed by atoms with Crippen LogP contribution in [0.3, 0.4) is 0 Å². The van der Waals surface area contributed by atoms with Crippen LogP contribution < -0.4 is 0 Å². The van der Waals surface area contributed by atoms with Gasteiger partial charge in [0.25, 0.3) is 0 Å². The van der Waals surface area contributed by atoms with Crippen LogP contribution in [-0.2, 0) is 0 Å². The van der Waals surface area contributed by atoms with Gasteiger partial charge in [-0.3, -0.25) is 0 Å². The number of benzene rings is 7. The van der Waals surface area contributed by atoms with Gasteiger partial charge in [0, 0.05) is 49.7 Å². The molecule has 4 heteroatoms. The third-order valence-electron chi connectivity index (χ3n) is 9.42. The molecule has 4 nitrogen and oxygen atoms in total. The maximum atomic E-state index is 6.44. The number of rotatable bonds is 4. The topological polar surface area (TPSA) is 43.9 Å². The van der Waals surface area contributed by atoms with Gasteiger partial charge < -0.3 is 8.98 Å². The number of fused-ring (bicyclic) bond motifs is 7. The van der Waals surface area contributed by atoms with Crippen LogP contribution >= 0.6 is 0 Å². The normalized spacial score (nSPS) is 11.8. The van der Waals surface area contributed by atoms with E-state index in [0.717, 1.165) is 77.5 Å². The fourth-order valence-electron chi connectivity index (χ4n) is 7.18. The lowest BCUT2D eigenvalue weighted by molar-refractivity contribution is 0.668. The first kappa shape index (κ1) is 26.7. The predicted molar refractivity (Wildman–Crippen MR) is 197 cm³/mol. The molecule has 0 saturated carbocycles. The van der Waals surface area contributed by atoms with E-state index in [4.69, 9.17) is 14.4 Å². The zero-order valence-corrected chi connectivity index (χ0v) is 25.8. The standard InChI is InChI=1S/C44H27N3O/c1-2-12-29(13-3-1)43-34-17-4-8-18-37(34)45-44(46-43)30-24-22-28(23-25-30)35-26-36-33-16-7-11-21-41(33)48-42(36)27-40(35)47-38-19-9-5-14-31(38)32-15-6-10-20-39(32)47/h1-27H. The van der Waals surface area contributed by atoms with Crippen LogP contribution in [-0.4, -0.2) is 14.5 Å². The minimum absolute atomic E-state index is 0.706. The SMILES string of the molecule is c1ccc(-c2nc(-c3ccc(-c4cc5c(cc4-n4c6ccccc6c6ccccc64)oc4ccccc45)cc3)nc3ccccc23)cc1. The lowest BCUT2D eigenvalue weighted by Crippen LogP contribution is -1.98. The van der Waals surface area contributed by atoms with Gasteiger partial charge in [-0.05, 0) is 35.9 Å². The van der Waals surface area contributed by atoms with Gasteiger partial charge >= 0.3 is 0 Å². The lowest BCUT2D eigenvalue weighted by atomic mass is 9.98. The van der Waals surface area contributed by atoms with Gasteiger partial charge in [-0.25, -0.2) is 9.97 Å². The van der Waals surface area contributed by atoms with E-state index in [1.54, 1.807) is 0 Å². The first-order valence-corrected chi connectivity index (χ1v) is 16.2. The van der Waals surface area contributed by atoms with Crippen LogP contribution in [0.5, 0.6) is 0 Å². The molecule has 10 aromatic rings. The highest BCUT2D eigenvalue weighted by Crippen LogP contribution is 2.41. The van der Waals surface area contributed by atoms with E-state index < -0.39 is 0 Å². The average molecular weight is 614 g/mol. The van der Waals surface area contributed by atoms with E-state index in [1.807, 2.05) is 30.3 Å². The van der Waals surface area contributed by atoms with Crippen LogP contribution in [0, 0.1) is 0 Å². The highest BCUT2D eigenvalue weighted by atomic mass is 16.3. The van der Waals surface area contributed by atoms with Gasteiger partial charge in [0.1, 0.15) is 11.2 Å². The minimum Gasteiger partial charge on any atom is -0.456 e. The molecule has 0 atom stereocenters. The molecule has 3 aromatic heterocycles. The van der Waals surface area contributed by atoms with Crippen molar-refractivity contribution in [1.29, 1.82) is 0 Å². The minimum atomic E-state index is 0.706. The monoisotopic (exact) mass is 613 g/mol. The van der Waals surface area contributed by atoms with E-state index in [-0.39, 0.29) is 0 Å². The van der Waals surface area contributed by atoms with E-state index in [1.165, 1.54) is 10.8 Å². The van der Waals surface area contributed by atoms with Crippen molar-refractivity contribution in [3.8, 4) is 39.5 Å². The molecular formula is C44H27N3O. The Balaban J connectivity index is 1.19. The molecule has 0 radical (unpaired) electrons. The number of nitrogens with zero attached hydrogens (tertiary/aromatic N) is 3. The third kappa shape index (κ3) is 4.10. The second-order valence-corrected chi connectivity index (χ2v) is 12.2. The van der Waals surface area contributed by atoms with Crippen molar-refractivity contribution in [3.63, 3.8) is 0 Å². The zero-order chi connectivity index (χ0) is 31.6. The summed E-state index contributed by atoms with van der Waals surface area (Å²) in [5.74, 6) is 0.706. The number of furan rings is 1. The van der Waals surface area contributed by atoms with E-state index in [0.29, 0.717) is 5.82 Å². The highest BCUT2D eigenvalue weighted by molar-refractivity contribution is 6.12. The molecule has 0 spiro atoms. The van der Waals surface area contributed by atoms with E-state index >= 15 is 0 Å². The summed E-state index contributed by atoms with van der Waals surface area (Å²) in [5.41, 5.74) is 11.3. The Morgan fingerprint density at radius 1 is 0.417 bits per heavy atom. The summed E-state index contributed by atoms with van der Waals surface area (Å²) in [6, 6.07) is 57.2. The molecule has 0 fully saturated rings. The fraction of sp³-hybridized carbons (Fsp3) is 0. The fourth-order valence-corrected chi connectivity index (χ4v) is 7.18. The molecule has 0 amide bonds. The second-order valence-electron chi connectivity index (χ2n) is 12.2. The molecule has 0 aliphatic heterocycles. The number of para-hydroxylation sites is 4. The third-order valence-corrected chi connectivity index (χ3v) is 9.42. The zero-order valence-electron chi connectivity index (χ0n) is 25.8. The second kappa shape index (κ2) is 10.5. The lowest BCUT2D eigenvalue weighted by Gasteiger charge is -2.15. The Morgan fingerprint density at radius 2 is 1.02 bits per heavy atom. The highest BCUT2D eigenvalue weighted by Gasteiger charge is 2.19. The van der Waals surface area contributed by atoms with Crippen molar-refractivity contribution < 1.29 is 4.42 Å². The molecular weight excluding hydrogens is 587 g/mol. The largest absolute Gasteiger partial charge is 0.456 e. The van der Waals surface area contributed by atoms with Crippen molar-refractivity contribution in [3.05, 3.63) is 164 Å². The summed E-state index contributed by atoms with van der Waals surface area (Å²) in [5, 5.41) is 5.70. The smallest absolute Gasteiger partial charge is 0.160 e. The van der Waals surface area contributed by atoms with Crippen LogP contribution in [0.2, 0.25) is 0 Å². The molecule has 10 rings (SSSR count). The Morgan fingerprint density at radius 3 is 1.77 bits per heavy atom. The Bertz CT molecular complexity index is 2770. The molecule has 7 aromatic carbocycles. The van der Waals surface area contributed by atoms with E-state index in [2.05, 4.69) is 138 Å². The van der Waals surface area contributed by atoms with Crippen molar-refractivity contribution in [2.24, 2.45) is 0 Å². The van der Waals surface area contributed by atoms with Gasteiger partial charge in [0.15, 0.2) is 5.82 Å². The van der Waals surface area contributed by atoms with Crippen LogP contribution in [0.1, 0.15) is 0 Å². The Labute approximate surface area is 276 Å². The van der Waals surface area contributed by atoms with Crippen LogP contribution in [0.4, 0.5) is 0 Å². The molecule has 48 heavy (non-hydrogen) atoms. The van der Waals surface area contributed by atoms with Crippen LogP contribution in [0.15, 0.2) is 168 Å². The number of aromatic nitrogens is 3. The summed E-state index contributed by atoms with van der Waals surface area (Å²) in [7, 11) is 0. The predicted octanol–water partition coefficient (Wildman–Crippen LogP) is 11.6. The van der Waals surface area contributed by atoms with E-state index in [9.17, 15) is 0 Å². The van der Waals surface area contributed by atoms with Crippen LogP contribution in [0.25, 0.3) is 94.1 Å². The molecule has 0 aliphatic rings. The summed E-state index contributed by atoms with van der Waals surface area (Å²) in [6.07, 6.45) is 0. The van der Waals surface area contributed by atoms with Crippen molar-refractivity contribution in [1.82, 2.24) is 14.5 Å². The van der Waals surface area contributed by atoms with Gasteiger partial charge in [-0.1, -0.05) is 127 Å². The van der Waals surface area contributed by atoms with Crippen molar-refractivity contribution >= 4 is 54.6 Å². The molecule has 0 bridgehead atoms. The van der Waals surface area contributed by atoms with Crippen molar-refractivity contribution in [2.75, 3.05) is 0 Å². The quantitative estimate of drug-likeness (QED) is 0.198. The average Bonchev–Trinajstić information content (AvgIpc) is 3.69. The Hall–Kier alpha value is -6.52. The first-order valence-electron chi connectivity index (χ1n) is 16.2. The summed E-state index contributed by atoms with van der Waals surface area (Å²) in [6.45, 7) is 0. The van der Waals surface area contributed by atoms with Gasteiger partial charge in [-0.15, -0.1) is 0 Å². The first-order chi connectivity index (χ1) is 23.8. The van der Waals surface area contributed by atoms with Gasteiger partial charge in [0.05, 0.1) is 27.9 Å². The number of hydrogen-bond donors (Lipinski definition) is 0. The number of hydrogen-bond acceptors (Lipinski definition) is 3. The summed E-state index contributed by atoms with van der Waals surface area (Å²) in [4.78, 5) is 10.1. The summed E-state index contributed by atoms with van der Waals surface area (Å²) >= 11 is 0. The van der Waals surface area contributed by atoms with Gasteiger partial charge in [0.2, 0.25) is 0 Å². The molecule has 0 N–H and O–H groups in total. The molecule has 3 heterocycles. The molecule has 0 aliphatic carbocycles. The maximum absolute atomic E-state index is 6.44. The summed E-state index contributed by atoms with van der Waals surface area (Å²) < 4.78 is 8.81. The molecule has 224 valence electrons. The molecule has 0 saturated heterocycles. The maximum Gasteiger partial charge on any atom is 0.160 e. The molecule has 0 unspecified atom stereocenters. The van der Waals surface area contributed by atoms with Crippen molar-refractivity contribution in [2.45, 2.75) is 0 Å². The van der Waals surface area contributed by atoms with Gasteiger partial charge in [-0.2, -0.15) is 0 Å². The Kier molecular flexibility index (Phi) is 5.84.